The number of tetrazole rings is 1. The summed E-state index contributed by atoms with van der Waals surface area (Å²) in [4.78, 5) is 12.2. The average molecular weight is 259 g/mol. The summed E-state index contributed by atoms with van der Waals surface area (Å²) in [5.74, 6) is 0.185. The Labute approximate surface area is 111 Å². The maximum atomic E-state index is 12.2. The van der Waals surface area contributed by atoms with Crippen molar-refractivity contribution in [2.75, 3.05) is 5.32 Å². The molecule has 1 aromatic carbocycles. The molecule has 0 aliphatic carbocycles. The highest BCUT2D eigenvalue weighted by molar-refractivity contribution is 6.03. The third-order valence-electron chi connectivity index (χ3n) is 2.68. The van der Waals surface area contributed by atoms with Crippen LogP contribution in [0.15, 0.2) is 18.2 Å². The highest BCUT2D eigenvalue weighted by atomic mass is 16.1. The molecule has 100 valence electrons. The van der Waals surface area contributed by atoms with Crippen molar-refractivity contribution in [3.63, 3.8) is 0 Å². The Hall–Kier alpha value is -2.24. The summed E-state index contributed by atoms with van der Waals surface area (Å²) in [6.07, 6.45) is 0.900. The lowest BCUT2D eigenvalue weighted by Gasteiger charge is -2.06. The molecule has 0 aliphatic heterocycles. The van der Waals surface area contributed by atoms with Gasteiger partial charge in [0.05, 0.1) is 0 Å². The van der Waals surface area contributed by atoms with Crippen molar-refractivity contribution in [2.45, 2.75) is 33.7 Å². The number of hydrogen-bond acceptors (Lipinski definition) is 4. The van der Waals surface area contributed by atoms with Gasteiger partial charge in [0.15, 0.2) is 0 Å². The molecule has 19 heavy (non-hydrogen) atoms. The lowest BCUT2D eigenvalue weighted by molar-refractivity contribution is 0.102. The van der Waals surface area contributed by atoms with Crippen LogP contribution < -0.4 is 5.32 Å². The Morgan fingerprint density at radius 1 is 1.26 bits per heavy atom. The summed E-state index contributed by atoms with van der Waals surface area (Å²) < 4.78 is 1.58. The van der Waals surface area contributed by atoms with Gasteiger partial charge in [-0.05, 0) is 42.8 Å². The van der Waals surface area contributed by atoms with Gasteiger partial charge >= 0.3 is 0 Å². The van der Waals surface area contributed by atoms with Crippen molar-refractivity contribution in [3.8, 4) is 0 Å². The molecule has 6 heteroatoms. The fourth-order valence-corrected chi connectivity index (χ4v) is 1.94. The molecule has 0 saturated heterocycles. The van der Waals surface area contributed by atoms with Crippen LogP contribution in [0.4, 0.5) is 5.95 Å². The van der Waals surface area contributed by atoms with Gasteiger partial charge in [-0.25, -0.2) is 4.68 Å². The molecule has 1 N–H and O–H groups in total. The van der Waals surface area contributed by atoms with Gasteiger partial charge in [-0.1, -0.05) is 29.2 Å². The van der Waals surface area contributed by atoms with Crippen LogP contribution in [0.2, 0.25) is 0 Å². The fourth-order valence-electron chi connectivity index (χ4n) is 1.94. The topological polar surface area (TPSA) is 72.7 Å². The first-order valence-electron chi connectivity index (χ1n) is 6.26. The molecule has 0 spiro atoms. The number of carbonyl (C=O) groups is 1. The third kappa shape index (κ3) is 3.15. The zero-order chi connectivity index (χ0) is 13.8. The van der Waals surface area contributed by atoms with Crippen molar-refractivity contribution in [2.24, 2.45) is 0 Å². The molecular formula is C13H17N5O. The number of aromatic nitrogens is 4. The van der Waals surface area contributed by atoms with Crippen LogP contribution in [-0.2, 0) is 6.54 Å². The van der Waals surface area contributed by atoms with Crippen molar-refractivity contribution < 1.29 is 4.79 Å². The number of nitrogens with one attached hydrogen (secondary N) is 1. The average Bonchev–Trinajstić information content (AvgIpc) is 2.76. The second-order valence-corrected chi connectivity index (χ2v) is 4.56. The summed E-state index contributed by atoms with van der Waals surface area (Å²) in [6, 6.07) is 5.71. The van der Waals surface area contributed by atoms with Crippen LogP contribution in [-0.4, -0.2) is 26.1 Å². The van der Waals surface area contributed by atoms with E-state index in [1.54, 1.807) is 4.68 Å². The predicted molar refractivity (Wildman–Crippen MR) is 72.0 cm³/mol. The number of benzene rings is 1. The van der Waals surface area contributed by atoms with Gasteiger partial charge in [-0.15, -0.1) is 0 Å². The third-order valence-corrected chi connectivity index (χ3v) is 2.68. The van der Waals surface area contributed by atoms with Gasteiger partial charge in [0, 0.05) is 12.1 Å². The van der Waals surface area contributed by atoms with Gasteiger partial charge in [-0.3, -0.25) is 10.1 Å². The number of hydrogen-bond donors (Lipinski definition) is 1. The summed E-state index contributed by atoms with van der Waals surface area (Å²) in [7, 11) is 0. The van der Waals surface area contributed by atoms with E-state index in [0.717, 1.165) is 17.5 Å². The highest BCUT2D eigenvalue weighted by Gasteiger charge is 2.12. The van der Waals surface area contributed by atoms with E-state index in [4.69, 9.17) is 0 Å². The number of anilines is 1. The van der Waals surface area contributed by atoms with E-state index in [0.29, 0.717) is 18.1 Å². The molecule has 0 atom stereocenters. The van der Waals surface area contributed by atoms with Crippen molar-refractivity contribution >= 4 is 11.9 Å². The molecular weight excluding hydrogens is 242 g/mol. The van der Waals surface area contributed by atoms with E-state index < -0.39 is 0 Å². The first kappa shape index (κ1) is 13.2. The van der Waals surface area contributed by atoms with Gasteiger partial charge in [0.2, 0.25) is 5.95 Å². The number of nitrogens with zero attached hydrogens (tertiary/aromatic N) is 4. The maximum Gasteiger partial charge on any atom is 0.258 e. The second kappa shape index (κ2) is 5.60. The van der Waals surface area contributed by atoms with Gasteiger partial charge in [0.1, 0.15) is 0 Å². The van der Waals surface area contributed by atoms with E-state index in [-0.39, 0.29) is 5.91 Å². The van der Waals surface area contributed by atoms with E-state index in [9.17, 15) is 4.79 Å². The largest absolute Gasteiger partial charge is 0.289 e. The molecule has 0 radical (unpaired) electrons. The lowest BCUT2D eigenvalue weighted by Crippen LogP contribution is -2.17. The summed E-state index contributed by atoms with van der Waals surface area (Å²) in [5, 5.41) is 13.9. The first-order chi connectivity index (χ1) is 9.10. The molecule has 6 nitrogen and oxygen atoms in total. The van der Waals surface area contributed by atoms with Crippen LogP contribution in [0.5, 0.6) is 0 Å². The fraction of sp³-hybridized carbons (Fsp3) is 0.385. The normalized spacial score (nSPS) is 10.5. The second-order valence-electron chi connectivity index (χ2n) is 4.56. The Balaban J connectivity index is 2.18. The Bertz CT molecular complexity index is 570. The number of amides is 1. The molecule has 0 fully saturated rings. The minimum absolute atomic E-state index is 0.195. The molecule has 1 amide bonds. The molecule has 2 aromatic rings. The zero-order valence-corrected chi connectivity index (χ0v) is 11.3. The summed E-state index contributed by atoms with van der Waals surface area (Å²) in [6.45, 7) is 6.63. The summed E-state index contributed by atoms with van der Waals surface area (Å²) >= 11 is 0. The Morgan fingerprint density at radius 2 is 1.95 bits per heavy atom. The van der Waals surface area contributed by atoms with Crippen LogP contribution in [0.1, 0.15) is 34.8 Å². The van der Waals surface area contributed by atoms with E-state index in [1.807, 2.05) is 39.0 Å². The minimum atomic E-state index is -0.195. The van der Waals surface area contributed by atoms with Gasteiger partial charge in [0.25, 0.3) is 5.91 Å². The predicted octanol–water partition coefficient (Wildman–Crippen LogP) is 1.95. The smallest absolute Gasteiger partial charge is 0.258 e. The van der Waals surface area contributed by atoms with E-state index in [2.05, 4.69) is 20.8 Å². The van der Waals surface area contributed by atoms with Crippen LogP contribution in [0, 0.1) is 13.8 Å². The molecule has 0 bridgehead atoms. The number of rotatable bonds is 4. The molecule has 0 saturated carbocycles. The number of carbonyl (C=O) groups excluding carboxylic acids is 1. The quantitative estimate of drug-likeness (QED) is 0.910. The van der Waals surface area contributed by atoms with Gasteiger partial charge < -0.3 is 0 Å². The highest BCUT2D eigenvalue weighted by Crippen LogP contribution is 2.11. The minimum Gasteiger partial charge on any atom is -0.289 e. The molecule has 1 aromatic heterocycles. The standard InChI is InChI=1S/C13H17N5O/c1-4-5-18-13(15-16-17-18)14-12(19)11-7-9(2)6-10(3)8-11/h6-8H,4-5H2,1-3H3,(H,14,15,17,19). The van der Waals surface area contributed by atoms with Crippen molar-refractivity contribution in [1.82, 2.24) is 20.2 Å². The zero-order valence-electron chi connectivity index (χ0n) is 11.3. The van der Waals surface area contributed by atoms with Gasteiger partial charge in [-0.2, -0.15) is 0 Å². The monoisotopic (exact) mass is 259 g/mol. The molecule has 0 unspecified atom stereocenters. The van der Waals surface area contributed by atoms with Crippen LogP contribution in [0.25, 0.3) is 0 Å². The Morgan fingerprint density at radius 3 is 2.58 bits per heavy atom. The van der Waals surface area contributed by atoms with Crippen LogP contribution >= 0.6 is 0 Å². The first-order valence-corrected chi connectivity index (χ1v) is 6.26. The van der Waals surface area contributed by atoms with Crippen molar-refractivity contribution in [1.29, 1.82) is 0 Å². The molecule has 1 heterocycles. The summed E-state index contributed by atoms with van der Waals surface area (Å²) in [5.41, 5.74) is 2.72. The number of aryl methyl sites for hydroxylation is 3. The van der Waals surface area contributed by atoms with E-state index in [1.165, 1.54) is 0 Å². The molecule has 0 aliphatic rings. The molecule has 2 rings (SSSR count). The SMILES string of the molecule is CCCn1nnnc1NC(=O)c1cc(C)cc(C)c1. The van der Waals surface area contributed by atoms with Crippen LogP contribution in [0.3, 0.4) is 0 Å². The van der Waals surface area contributed by atoms with E-state index >= 15 is 0 Å². The Kier molecular flexibility index (Phi) is 3.89. The lowest BCUT2D eigenvalue weighted by atomic mass is 10.1. The van der Waals surface area contributed by atoms with Crippen molar-refractivity contribution in [3.05, 3.63) is 34.9 Å². The maximum absolute atomic E-state index is 12.2.